The number of rotatable bonds is 3. The van der Waals surface area contributed by atoms with Gasteiger partial charge in [0.25, 0.3) is 5.91 Å². The summed E-state index contributed by atoms with van der Waals surface area (Å²) in [6, 6.07) is -0.484. The lowest BCUT2D eigenvalue weighted by Gasteiger charge is -2.32. The summed E-state index contributed by atoms with van der Waals surface area (Å²) in [5, 5.41) is 5.50. The highest BCUT2D eigenvalue weighted by molar-refractivity contribution is 7.09. The zero-order chi connectivity index (χ0) is 15.7. The summed E-state index contributed by atoms with van der Waals surface area (Å²) >= 11 is 1.63. The van der Waals surface area contributed by atoms with Crippen LogP contribution in [0.4, 0.5) is 4.79 Å². The van der Waals surface area contributed by atoms with Crippen molar-refractivity contribution in [3.63, 3.8) is 0 Å². The van der Waals surface area contributed by atoms with Gasteiger partial charge in [0.2, 0.25) is 5.91 Å². The minimum Gasteiger partial charge on any atom is -0.340 e. The molecule has 1 atom stereocenters. The molecule has 0 saturated carbocycles. The van der Waals surface area contributed by atoms with Crippen molar-refractivity contribution >= 4 is 29.2 Å². The van der Waals surface area contributed by atoms with E-state index in [1.165, 1.54) is 0 Å². The van der Waals surface area contributed by atoms with Crippen LogP contribution < -0.4 is 5.32 Å². The molecule has 4 amide bonds. The standard InChI is InChI=1S/C14H18N4O3S/c1-9-8-22-13(16-9)10-3-2-4-17(6-10)12(20)7-18-11(19)5-15-14(18)21/h8,10H,2-7H2,1H3,(H,15,21)/t10-/m1/s1. The summed E-state index contributed by atoms with van der Waals surface area (Å²) in [6.45, 7) is 3.05. The SMILES string of the molecule is Cc1csc([C@@H]2CCCN(C(=O)CN3C(=O)CNC3=O)C2)n1. The van der Waals surface area contributed by atoms with E-state index in [1.807, 2.05) is 12.3 Å². The van der Waals surface area contributed by atoms with Crippen LogP contribution in [-0.2, 0) is 9.59 Å². The van der Waals surface area contributed by atoms with Gasteiger partial charge in [0.15, 0.2) is 0 Å². The monoisotopic (exact) mass is 322 g/mol. The predicted octanol–water partition coefficient (Wildman–Crippen LogP) is 0.709. The number of nitrogens with zero attached hydrogens (tertiary/aromatic N) is 3. The minimum absolute atomic E-state index is 0.0207. The van der Waals surface area contributed by atoms with Crippen molar-refractivity contribution in [1.29, 1.82) is 0 Å². The molecule has 3 rings (SSSR count). The van der Waals surface area contributed by atoms with Gasteiger partial charge in [-0.1, -0.05) is 0 Å². The van der Waals surface area contributed by atoms with Crippen molar-refractivity contribution in [3.05, 3.63) is 16.1 Å². The Kier molecular flexibility index (Phi) is 4.10. The van der Waals surface area contributed by atoms with Crippen LogP contribution in [0.15, 0.2) is 5.38 Å². The van der Waals surface area contributed by atoms with E-state index in [4.69, 9.17) is 0 Å². The number of carbonyl (C=O) groups excluding carboxylic acids is 3. The van der Waals surface area contributed by atoms with Crippen LogP contribution in [0.2, 0.25) is 0 Å². The Hall–Kier alpha value is -1.96. The molecular formula is C14H18N4O3S. The first-order valence-electron chi connectivity index (χ1n) is 7.32. The molecule has 2 fully saturated rings. The van der Waals surface area contributed by atoms with Gasteiger partial charge in [0.05, 0.1) is 11.6 Å². The van der Waals surface area contributed by atoms with Crippen LogP contribution in [0, 0.1) is 6.92 Å². The zero-order valence-electron chi connectivity index (χ0n) is 12.4. The van der Waals surface area contributed by atoms with Crippen molar-refractivity contribution in [1.82, 2.24) is 20.1 Å². The Morgan fingerprint density at radius 1 is 1.50 bits per heavy atom. The second-order valence-electron chi connectivity index (χ2n) is 5.64. The number of urea groups is 1. The molecule has 118 valence electrons. The van der Waals surface area contributed by atoms with E-state index < -0.39 is 6.03 Å². The minimum atomic E-state index is -0.484. The zero-order valence-corrected chi connectivity index (χ0v) is 13.2. The molecule has 0 radical (unpaired) electrons. The molecule has 2 saturated heterocycles. The summed E-state index contributed by atoms with van der Waals surface area (Å²) in [5.74, 6) is -0.273. The van der Waals surface area contributed by atoms with Gasteiger partial charge in [-0.05, 0) is 19.8 Å². The second-order valence-corrected chi connectivity index (χ2v) is 6.53. The van der Waals surface area contributed by atoms with E-state index >= 15 is 0 Å². The first kappa shape index (κ1) is 15.0. The second kappa shape index (κ2) is 6.04. The van der Waals surface area contributed by atoms with Gasteiger partial charge in [-0.15, -0.1) is 11.3 Å². The highest BCUT2D eigenvalue weighted by atomic mass is 32.1. The van der Waals surface area contributed by atoms with E-state index in [0.29, 0.717) is 13.1 Å². The van der Waals surface area contributed by atoms with Crippen LogP contribution >= 0.6 is 11.3 Å². The Balaban J connectivity index is 1.63. The first-order chi connectivity index (χ1) is 10.5. The van der Waals surface area contributed by atoms with Gasteiger partial charge in [-0.3, -0.25) is 14.5 Å². The molecule has 3 heterocycles. The average Bonchev–Trinajstić information content (AvgIpc) is 3.08. The molecule has 2 aliphatic heterocycles. The fourth-order valence-corrected chi connectivity index (χ4v) is 3.74. The van der Waals surface area contributed by atoms with Crippen molar-refractivity contribution in [2.45, 2.75) is 25.7 Å². The third-order valence-corrected chi connectivity index (χ3v) is 5.12. The van der Waals surface area contributed by atoms with Crippen molar-refractivity contribution in [3.8, 4) is 0 Å². The molecule has 8 heteroatoms. The molecule has 0 spiro atoms. The molecule has 1 aromatic rings. The number of likely N-dealkylation sites (tertiary alicyclic amines) is 1. The molecule has 0 unspecified atom stereocenters. The molecule has 2 aliphatic rings. The van der Waals surface area contributed by atoms with Crippen LogP contribution in [0.5, 0.6) is 0 Å². The maximum absolute atomic E-state index is 12.4. The molecule has 0 aromatic carbocycles. The quantitative estimate of drug-likeness (QED) is 0.831. The van der Waals surface area contributed by atoms with Crippen molar-refractivity contribution < 1.29 is 14.4 Å². The summed E-state index contributed by atoms with van der Waals surface area (Å²) in [7, 11) is 0. The van der Waals surface area contributed by atoms with E-state index in [1.54, 1.807) is 16.2 Å². The number of aryl methyl sites for hydroxylation is 1. The van der Waals surface area contributed by atoms with Crippen LogP contribution in [-0.4, -0.2) is 58.8 Å². The van der Waals surface area contributed by atoms with Gasteiger partial charge in [0, 0.05) is 30.1 Å². The van der Waals surface area contributed by atoms with E-state index in [-0.39, 0.29) is 30.8 Å². The van der Waals surface area contributed by atoms with Gasteiger partial charge < -0.3 is 10.2 Å². The smallest absolute Gasteiger partial charge is 0.325 e. The van der Waals surface area contributed by atoms with Gasteiger partial charge in [-0.2, -0.15) is 0 Å². The highest BCUT2D eigenvalue weighted by Crippen LogP contribution is 2.29. The van der Waals surface area contributed by atoms with Crippen molar-refractivity contribution in [2.75, 3.05) is 26.2 Å². The summed E-state index contributed by atoms with van der Waals surface area (Å²) in [6.07, 6.45) is 1.93. The largest absolute Gasteiger partial charge is 0.340 e. The topological polar surface area (TPSA) is 82.6 Å². The highest BCUT2D eigenvalue weighted by Gasteiger charge is 2.33. The van der Waals surface area contributed by atoms with Crippen LogP contribution in [0.1, 0.15) is 29.5 Å². The number of nitrogens with one attached hydrogen (secondary N) is 1. The van der Waals surface area contributed by atoms with E-state index in [0.717, 1.165) is 28.4 Å². The third kappa shape index (κ3) is 2.96. The Morgan fingerprint density at radius 2 is 2.32 bits per heavy atom. The number of thiazole rings is 1. The van der Waals surface area contributed by atoms with Crippen LogP contribution in [0.3, 0.4) is 0 Å². The number of hydrogen-bond acceptors (Lipinski definition) is 5. The fraction of sp³-hybridized carbons (Fsp3) is 0.571. The molecule has 1 aromatic heterocycles. The first-order valence-corrected chi connectivity index (χ1v) is 8.20. The van der Waals surface area contributed by atoms with E-state index in [2.05, 4.69) is 10.3 Å². The lowest BCUT2D eigenvalue weighted by Crippen LogP contribution is -2.46. The summed E-state index contributed by atoms with van der Waals surface area (Å²) < 4.78 is 0. The number of amides is 4. The number of hydrogen-bond donors (Lipinski definition) is 1. The molecule has 1 N–H and O–H groups in total. The maximum Gasteiger partial charge on any atom is 0.325 e. The normalized spacial score (nSPS) is 22.1. The molecule has 0 aliphatic carbocycles. The molecular weight excluding hydrogens is 304 g/mol. The number of piperidine rings is 1. The molecule has 7 nitrogen and oxygen atoms in total. The third-order valence-electron chi connectivity index (χ3n) is 3.99. The summed E-state index contributed by atoms with van der Waals surface area (Å²) in [5.41, 5.74) is 1.00. The Morgan fingerprint density at radius 3 is 2.95 bits per heavy atom. The Bertz CT molecular complexity index is 599. The number of carbonyl (C=O) groups is 3. The number of aromatic nitrogens is 1. The van der Waals surface area contributed by atoms with Gasteiger partial charge in [-0.25, -0.2) is 9.78 Å². The van der Waals surface area contributed by atoms with Gasteiger partial charge in [0.1, 0.15) is 6.54 Å². The summed E-state index contributed by atoms with van der Waals surface area (Å²) in [4.78, 5) is 42.7. The predicted molar refractivity (Wildman–Crippen MR) is 80.5 cm³/mol. The lowest BCUT2D eigenvalue weighted by atomic mass is 9.98. The lowest BCUT2D eigenvalue weighted by molar-refractivity contribution is -0.137. The maximum atomic E-state index is 12.4. The molecule has 0 bridgehead atoms. The van der Waals surface area contributed by atoms with Crippen LogP contribution in [0.25, 0.3) is 0 Å². The number of imide groups is 1. The fourth-order valence-electron chi connectivity index (χ4n) is 2.82. The van der Waals surface area contributed by atoms with Gasteiger partial charge >= 0.3 is 6.03 Å². The van der Waals surface area contributed by atoms with E-state index in [9.17, 15) is 14.4 Å². The average molecular weight is 322 g/mol. The Labute approximate surface area is 132 Å². The van der Waals surface area contributed by atoms with Crippen molar-refractivity contribution in [2.24, 2.45) is 0 Å². The molecule has 22 heavy (non-hydrogen) atoms.